The average Bonchev–Trinajstić information content (AvgIpc) is 2.42. The van der Waals surface area contributed by atoms with E-state index in [1.807, 2.05) is 0 Å². The number of benzene rings is 1. The van der Waals surface area contributed by atoms with Crippen LogP contribution in [0.4, 0.5) is 4.39 Å². The first-order valence-electron chi connectivity index (χ1n) is 7.42. The quantitative estimate of drug-likeness (QED) is 0.860. The number of piperidine rings is 1. The Hall–Kier alpha value is -1.68. The van der Waals surface area contributed by atoms with Crippen molar-refractivity contribution in [3.8, 4) is 0 Å². The Morgan fingerprint density at radius 1 is 1.38 bits per heavy atom. The zero-order valence-electron chi connectivity index (χ0n) is 12.6. The minimum atomic E-state index is -1.03. The van der Waals surface area contributed by atoms with Gasteiger partial charge in [-0.1, -0.05) is 18.6 Å². The molecule has 2 atom stereocenters. The highest BCUT2D eigenvalue weighted by molar-refractivity contribution is 5.85. The maximum atomic E-state index is 14.2. The highest BCUT2D eigenvalue weighted by Crippen LogP contribution is 2.25. The van der Waals surface area contributed by atoms with Crippen LogP contribution in [0.15, 0.2) is 24.3 Å². The van der Waals surface area contributed by atoms with Gasteiger partial charge in [-0.25, -0.2) is 9.18 Å². The van der Waals surface area contributed by atoms with Gasteiger partial charge in [0.1, 0.15) is 5.82 Å². The Morgan fingerprint density at radius 2 is 2.05 bits per heavy atom. The lowest BCUT2D eigenvalue weighted by atomic mass is 9.96. The summed E-state index contributed by atoms with van der Waals surface area (Å²) < 4.78 is 14.2. The van der Waals surface area contributed by atoms with Gasteiger partial charge in [0.25, 0.3) is 0 Å². The summed E-state index contributed by atoms with van der Waals surface area (Å²) in [6.07, 6.45) is 5.97. The van der Waals surface area contributed by atoms with E-state index in [-0.39, 0.29) is 5.82 Å². The van der Waals surface area contributed by atoms with E-state index in [4.69, 9.17) is 5.11 Å². The predicted octanol–water partition coefficient (Wildman–Crippen LogP) is 3.69. The zero-order valence-corrected chi connectivity index (χ0v) is 12.6. The molecule has 0 amide bonds. The number of likely N-dealkylation sites (tertiary alicyclic amines) is 1. The summed E-state index contributed by atoms with van der Waals surface area (Å²) in [6.45, 7) is 4.99. The summed E-state index contributed by atoms with van der Waals surface area (Å²) in [6, 6.07) is 5.86. The highest BCUT2D eigenvalue weighted by atomic mass is 19.1. The second-order valence-electron chi connectivity index (χ2n) is 5.82. The molecule has 2 rings (SSSR count). The fourth-order valence-electron chi connectivity index (χ4n) is 2.95. The van der Waals surface area contributed by atoms with E-state index in [1.54, 1.807) is 12.1 Å². The second-order valence-corrected chi connectivity index (χ2v) is 5.82. The molecule has 1 saturated heterocycles. The lowest BCUT2D eigenvalue weighted by Crippen LogP contribution is -2.43. The predicted molar refractivity (Wildman–Crippen MR) is 81.4 cm³/mol. The lowest BCUT2D eigenvalue weighted by molar-refractivity contribution is -0.131. The summed E-state index contributed by atoms with van der Waals surface area (Å²) in [7, 11) is 0. The summed E-state index contributed by atoms with van der Waals surface area (Å²) in [4.78, 5) is 12.8. The minimum absolute atomic E-state index is 0.271. The fourth-order valence-corrected chi connectivity index (χ4v) is 2.95. The van der Waals surface area contributed by atoms with Crippen molar-refractivity contribution in [1.82, 2.24) is 4.90 Å². The van der Waals surface area contributed by atoms with Crippen LogP contribution in [0.1, 0.15) is 44.2 Å². The molecule has 1 aromatic carbocycles. The second kappa shape index (κ2) is 6.85. The van der Waals surface area contributed by atoms with Crippen LogP contribution in [0.25, 0.3) is 6.08 Å². The van der Waals surface area contributed by atoms with Crippen LogP contribution in [0, 0.1) is 5.82 Å². The number of hydrogen-bond donors (Lipinski definition) is 1. The Balaban J connectivity index is 2.12. The van der Waals surface area contributed by atoms with Crippen LogP contribution in [0.3, 0.4) is 0 Å². The van der Waals surface area contributed by atoms with Crippen LogP contribution in [0.2, 0.25) is 0 Å². The van der Waals surface area contributed by atoms with E-state index in [1.165, 1.54) is 18.6 Å². The van der Waals surface area contributed by atoms with Crippen molar-refractivity contribution in [3.05, 3.63) is 41.2 Å². The molecule has 1 heterocycles. The summed E-state index contributed by atoms with van der Waals surface area (Å²) >= 11 is 0. The zero-order chi connectivity index (χ0) is 15.4. The van der Waals surface area contributed by atoms with E-state index in [2.05, 4.69) is 18.7 Å². The van der Waals surface area contributed by atoms with Crippen molar-refractivity contribution in [2.24, 2.45) is 0 Å². The maximum Gasteiger partial charge on any atom is 0.328 e. The van der Waals surface area contributed by atoms with Gasteiger partial charge in [0.2, 0.25) is 0 Å². The molecule has 0 bridgehead atoms. The van der Waals surface area contributed by atoms with Crippen molar-refractivity contribution >= 4 is 12.0 Å². The molecule has 1 aromatic rings. The van der Waals surface area contributed by atoms with Gasteiger partial charge in [0.05, 0.1) is 0 Å². The SMILES string of the molecule is CC1CCCC(C)N1Cc1ccc(C=CC(=O)O)cc1F. The monoisotopic (exact) mass is 291 g/mol. The highest BCUT2D eigenvalue weighted by Gasteiger charge is 2.25. The molecule has 114 valence electrons. The topological polar surface area (TPSA) is 40.5 Å². The molecule has 1 N–H and O–H groups in total. The minimum Gasteiger partial charge on any atom is -0.478 e. The van der Waals surface area contributed by atoms with Gasteiger partial charge in [-0.2, -0.15) is 0 Å². The van der Waals surface area contributed by atoms with E-state index < -0.39 is 5.97 Å². The molecule has 0 radical (unpaired) electrons. The lowest BCUT2D eigenvalue weighted by Gasteiger charge is -2.39. The van der Waals surface area contributed by atoms with Gasteiger partial charge in [0, 0.05) is 30.3 Å². The number of aliphatic carboxylic acids is 1. The summed E-state index contributed by atoms with van der Waals surface area (Å²) in [5.41, 5.74) is 1.24. The van der Waals surface area contributed by atoms with E-state index in [0.29, 0.717) is 29.8 Å². The molecule has 0 spiro atoms. The van der Waals surface area contributed by atoms with Crippen LogP contribution >= 0.6 is 0 Å². The normalized spacial score (nSPS) is 23.6. The number of rotatable bonds is 4. The van der Waals surface area contributed by atoms with Crippen molar-refractivity contribution in [1.29, 1.82) is 0 Å². The van der Waals surface area contributed by atoms with Crippen molar-refractivity contribution in [3.63, 3.8) is 0 Å². The smallest absolute Gasteiger partial charge is 0.328 e. The van der Waals surface area contributed by atoms with Gasteiger partial charge in [0.15, 0.2) is 0 Å². The van der Waals surface area contributed by atoms with Crippen LogP contribution in [0.5, 0.6) is 0 Å². The Kier molecular flexibility index (Phi) is 5.12. The van der Waals surface area contributed by atoms with E-state index in [0.717, 1.165) is 18.9 Å². The third-order valence-corrected chi connectivity index (χ3v) is 4.22. The standard InChI is InChI=1S/C17H22FNO2/c1-12-4-3-5-13(2)19(12)11-15-8-6-14(10-16(15)18)7-9-17(20)21/h6-10,12-13H,3-5,11H2,1-2H3,(H,20,21). The molecule has 0 aromatic heterocycles. The van der Waals surface area contributed by atoms with Gasteiger partial charge in [-0.3, -0.25) is 4.90 Å². The Labute approximate surface area is 125 Å². The molecule has 0 saturated carbocycles. The number of nitrogens with zero attached hydrogens (tertiary/aromatic N) is 1. The molecule has 2 unspecified atom stereocenters. The summed E-state index contributed by atoms with van der Waals surface area (Å²) in [5.74, 6) is -1.30. The molecule has 1 aliphatic rings. The first-order valence-corrected chi connectivity index (χ1v) is 7.42. The van der Waals surface area contributed by atoms with Crippen molar-refractivity contribution in [2.45, 2.75) is 51.7 Å². The molecule has 0 aliphatic carbocycles. The largest absolute Gasteiger partial charge is 0.478 e. The third-order valence-electron chi connectivity index (χ3n) is 4.22. The van der Waals surface area contributed by atoms with Gasteiger partial charge >= 0.3 is 5.97 Å². The Bertz CT molecular complexity index is 532. The fraction of sp³-hybridized carbons (Fsp3) is 0.471. The van der Waals surface area contributed by atoms with Crippen molar-refractivity contribution < 1.29 is 14.3 Å². The van der Waals surface area contributed by atoms with Crippen LogP contribution in [-0.4, -0.2) is 28.1 Å². The molecular weight excluding hydrogens is 269 g/mol. The number of hydrogen-bond acceptors (Lipinski definition) is 2. The first kappa shape index (κ1) is 15.7. The van der Waals surface area contributed by atoms with Gasteiger partial charge < -0.3 is 5.11 Å². The van der Waals surface area contributed by atoms with Gasteiger partial charge in [-0.05, 0) is 44.4 Å². The average molecular weight is 291 g/mol. The van der Waals surface area contributed by atoms with Crippen LogP contribution < -0.4 is 0 Å². The number of carbonyl (C=O) groups is 1. The van der Waals surface area contributed by atoms with E-state index in [9.17, 15) is 9.18 Å². The first-order chi connectivity index (χ1) is 9.97. The molecule has 1 aliphatic heterocycles. The summed E-state index contributed by atoms with van der Waals surface area (Å²) in [5, 5.41) is 8.59. The van der Waals surface area contributed by atoms with E-state index >= 15 is 0 Å². The molecule has 3 nitrogen and oxygen atoms in total. The molecular formula is C17H22FNO2. The Morgan fingerprint density at radius 3 is 2.62 bits per heavy atom. The third kappa shape index (κ3) is 4.14. The van der Waals surface area contributed by atoms with Crippen LogP contribution in [-0.2, 0) is 11.3 Å². The molecule has 21 heavy (non-hydrogen) atoms. The molecule has 1 fully saturated rings. The number of carboxylic acid groups (broad SMARTS) is 1. The molecule has 4 heteroatoms. The number of halogens is 1. The van der Waals surface area contributed by atoms with Crippen molar-refractivity contribution in [2.75, 3.05) is 0 Å². The van der Waals surface area contributed by atoms with Gasteiger partial charge in [-0.15, -0.1) is 0 Å². The number of carboxylic acids is 1. The maximum absolute atomic E-state index is 14.2.